The minimum atomic E-state index is -0.553. The monoisotopic (exact) mass is 501 g/mol. The summed E-state index contributed by atoms with van der Waals surface area (Å²) in [6.45, 7) is 3.95. The Bertz CT molecular complexity index is 1690. The van der Waals surface area contributed by atoms with E-state index in [4.69, 9.17) is 5.41 Å². The molecule has 4 aromatic heterocycles. The highest BCUT2D eigenvalue weighted by Crippen LogP contribution is 2.28. The lowest BCUT2D eigenvalue weighted by molar-refractivity contribution is 0.102. The minimum Gasteiger partial charge on any atom is -0.306 e. The first-order valence-electron chi connectivity index (χ1n) is 10.6. The maximum Gasteiger partial charge on any atom is 0.267 e. The molecule has 1 aromatic carbocycles. The zero-order chi connectivity index (χ0) is 24.4. The molecule has 0 aliphatic carbocycles. The molecule has 174 valence electrons. The summed E-state index contributed by atoms with van der Waals surface area (Å²) < 4.78 is 3.61. The SMILES string of the molecule is C=CCn1c(=N)c(C(=O)Nc2nnc(SCc3ccccc3)s2)cc2c(=O)n3ccccc3nc21. The van der Waals surface area contributed by atoms with Crippen LogP contribution in [-0.4, -0.2) is 30.1 Å². The third kappa shape index (κ3) is 4.51. The molecule has 1 amide bonds. The molecule has 0 aliphatic rings. The fourth-order valence-electron chi connectivity index (χ4n) is 3.57. The molecule has 35 heavy (non-hydrogen) atoms. The van der Waals surface area contributed by atoms with Gasteiger partial charge in [0.1, 0.15) is 16.8 Å². The standard InChI is InChI=1S/C24H19N7O2S2/c1-2-11-31-19(25)16(13-17-20(31)26-18-10-6-7-12-30(18)22(17)33)21(32)27-23-28-29-24(35-23)34-14-15-8-4-3-5-9-15/h2-10,12-13,25H,1,11,14H2,(H,27,28,32). The molecule has 11 heteroatoms. The highest BCUT2D eigenvalue weighted by atomic mass is 32.2. The fourth-order valence-corrected chi connectivity index (χ4v) is 5.27. The van der Waals surface area contributed by atoms with Gasteiger partial charge < -0.3 is 4.57 Å². The van der Waals surface area contributed by atoms with Gasteiger partial charge in [-0.25, -0.2) is 4.98 Å². The highest BCUT2D eigenvalue weighted by Gasteiger charge is 2.18. The van der Waals surface area contributed by atoms with Gasteiger partial charge in [-0.1, -0.05) is 65.6 Å². The molecule has 0 spiro atoms. The molecule has 5 rings (SSSR count). The number of carbonyl (C=O) groups excluding carboxylic acids is 1. The summed E-state index contributed by atoms with van der Waals surface area (Å²) in [5.41, 5.74) is 1.56. The molecule has 0 unspecified atom stereocenters. The van der Waals surface area contributed by atoms with Gasteiger partial charge in [-0.3, -0.25) is 24.7 Å². The first kappa shape index (κ1) is 22.7. The number of aromatic nitrogens is 5. The van der Waals surface area contributed by atoms with Crippen molar-refractivity contribution in [2.45, 2.75) is 16.6 Å². The Morgan fingerprint density at radius 1 is 1.17 bits per heavy atom. The Hall–Kier alpha value is -4.09. The quantitative estimate of drug-likeness (QED) is 0.152. The van der Waals surface area contributed by atoms with Gasteiger partial charge in [0.2, 0.25) is 5.13 Å². The van der Waals surface area contributed by atoms with Crippen molar-refractivity contribution in [3.8, 4) is 0 Å². The molecule has 5 aromatic rings. The van der Waals surface area contributed by atoms with Crippen LogP contribution in [0.15, 0.2) is 82.6 Å². The van der Waals surface area contributed by atoms with Gasteiger partial charge in [-0.15, -0.1) is 16.8 Å². The molecule has 0 radical (unpaired) electrons. The summed E-state index contributed by atoms with van der Waals surface area (Å²) in [7, 11) is 0. The molecule has 0 bridgehead atoms. The van der Waals surface area contributed by atoms with Gasteiger partial charge >= 0.3 is 0 Å². The van der Waals surface area contributed by atoms with Crippen molar-refractivity contribution >= 4 is 50.8 Å². The van der Waals surface area contributed by atoms with Gasteiger partial charge in [-0.05, 0) is 23.8 Å². The molecule has 0 saturated heterocycles. The zero-order valence-electron chi connectivity index (χ0n) is 18.3. The summed E-state index contributed by atoms with van der Waals surface area (Å²) in [5.74, 6) is 0.181. The Morgan fingerprint density at radius 2 is 1.97 bits per heavy atom. The van der Waals surface area contributed by atoms with E-state index in [1.165, 1.54) is 38.1 Å². The predicted molar refractivity (Wildman–Crippen MR) is 137 cm³/mol. The number of benzene rings is 1. The summed E-state index contributed by atoms with van der Waals surface area (Å²) in [6.07, 6.45) is 3.21. The molecule has 9 nitrogen and oxygen atoms in total. The first-order valence-corrected chi connectivity index (χ1v) is 12.4. The van der Waals surface area contributed by atoms with Gasteiger partial charge in [0, 0.05) is 18.5 Å². The number of pyridine rings is 2. The van der Waals surface area contributed by atoms with Crippen LogP contribution in [0.3, 0.4) is 0 Å². The second-order valence-corrected chi connectivity index (χ2v) is 9.69. The van der Waals surface area contributed by atoms with Crippen molar-refractivity contribution in [3.05, 3.63) is 100 Å². The van der Waals surface area contributed by atoms with E-state index in [2.05, 4.69) is 27.1 Å². The highest BCUT2D eigenvalue weighted by molar-refractivity contribution is 8.00. The number of anilines is 1. The number of hydrogen-bond acceptors (Lipinski definition) is 8. The van der Waals surface area contributed by atoms with Crippen molar-refractivity contribution < 1.29 is 4.79 Å². The van der Waals surface area contributed by atoms with Crippen LogP contribution in [-0.2, 0) is 12.3 Å². The third-order valence-corrected chi connectivity index (χ3v) is 7.25. The van der Waals surface area contributed by atoms with Crippen molar-refractivity contribution in [1.29, 1.82) is 5.41 Å². The fraction of sp³-hybridized carbons (Fsp3) is 0.0833. The Kier molecular flexibility index (Phi) is 6.25. The maximum absolute atomic E-state index is 13.1. The van der Waals surface area contributed by atoms with E-state index in [0.717, 1.165) is 11.3 Å². The number of amides is 1. The molecule has 4 heterocycles. The van der Waals surface area contributed by atoms with E-state index in [1.807, 2.05) is 30.3 Å². The van der Waals surface area contributed by atoms with Crippen molar-refractivity contribution in [2.24, 2.45) is 0 Å². The van der Waals surface area contributed by atoms with Gasteiger partial charge in [0.15, 0.2) is 4.34 Å². The molecular weight excluding hydrogens is 482 g/mol. The summed E-state index contributed by atoms with van der Waals surface area (Å²) >= 11 is 2.77. The number of nitrogens with one attached hydrogen (secondary N) is 2. The lowest BCUT2D eigenvalue weighted by atomic mass is 10.2. The van der Waals surface area contributed by atoms with Crippen molar-refractivity contribution in [2.75, 3.05) is 5.32 Å². The normalized spacial score (nSPS) is 11.1. The van der Waals surface area contributed by atoms with Gasteiger partial charge in [0.25, 0.3) is 11.5 Å². The van der Waals surface area contributed by atoms with E-state index >= 15 is 0 Å². The van der Waals surface area contributed by atoms with Crippen LogP contribution in [0.4, 0.5) is 5.13 Å². The van der Waals surface area contributed by atoms with E-state index in [9.17, 15) is 9.59 Å². The third-order valence-electron chi connectivity index (χ3n) is 5.21. The number of thioether (sulfide) groups is 1. The molecule has 0 fully saturated rings. The lowest BCUT2D eigenvalue weighted by Gasteiger charge is -2.12. The number of fused-ring (bicyclic) bond motifs is 2. The van der Waals surface area contributed by atoms with Crippen LogP contribution in [0.2, 0.25) is 0 Å². The van der Waals surface area contributed by atoms with Crippen LogP contribution in [0, 0.1) is 5.41 Å². The van der Waals surface area contributed by atoms with Crippen LogP contribution >= 0.6 is 23.1 Å². The number of rotatable bonds is 7. The number of carbonyl (C=O) groups is 1. The second-order valence-electron chi connectivity index (χ2n) is 7.49. The lowest BCUT2D eigenvalue weighted by Crippen LogP contribution is -2.32. The maximum atomic E-state index is 13.1. The van der Waals surface area contributed by atoms with E-state index < -0.39 is 5.91 Å². The predicted octanol–water partition coefficient (Wildman–Crippen LogP) is 3.71. The number of hydrogen-bond donors (Lipinski definition) is 2. The van der Waals surface area contributed by atoms with Gasteiger partial charge in [-0.2, -0.15) is 0 Å². The minimum absolute atomic E-state index is 0.0304. The zero-order valence-corrected chi connectivity index (χ0v) is 20.0. The molecular formula is C24H19N7O2S2. The summed E-state index contributed by atoms with van der Waals surface area (Å²) in [6, 6.07) is 16.6. The van der Waals surface area contributed by atoms with E-state index in [0.29, 0.717) is 20.8 Å². The van der Waals surface area contributed by atoms with Crippen molar-refractivity contribution in [3.63, 3.8) is 0 Å². The molecule has 0 atom stereocenters. The first-order chi connectivity index (χ1) is 17.0. The smallest absolute Gasteiger partial charge is 0.267 e. The summed E-state index contributed by atoms with van der Waals surface area (Å²) in [5, 5.41) is 20.1. The van der Waals surface area contributed by atoms with Gasteiger partial charge in [0.05, 0.1) is 10.9 Å². The van der Waals surface area contributed by atoms with Crippen LogP contribution in [0.5, 0.6) is 0 Å². The largest absolute Gasteiger partial charge is 0.306 e. The molecule has 0 saturated carbocycles. The van der Waals surface area contributed by atoms with Crippen LogP contribution < -0.4 is 16.4 Å². The topological polar surface area (TPSA) is 118 Å². The average molecular weight is 502 g/mol. The van der Waals surface area contributed by atoms with Crippen LogP contribution in [0.25, 0.3) is 16.7 Å². The molecule has 0 aliphatic heterocycles. The second kappa shape index (κ2) is 9.65. The van der Waals surface area contributed by atoms with Crippen molar-refractivity contribution in [1.82, 2.24) is 24.1 Å². The Morgan fingerprint density at radius 3 is 2.77 bits per heavy atom. The molecule has 2 N–H and O–H groups in total. The Balaban J connectivity index is 1.47. The number of allylic oxidation sites excluding steroid dienone is 1. The average Bonchev–Trinajstić information content (AvgIpc) is 3.32. The van der Waals surface area contributed by atoms with E-state index in [1.54, 1.807) is 30.5 Å². The summed E-state index contributed by atoms with van der Waals surface area (Å²) in [4.78, 5) is 30.8. The van der Waals surface area contributed by atoms with E-state index in [-0.39, 0.29) is 28.5 Å². The van der Waals surface area contributed by atoms with Crippen LogP contribution in [0.1, 0.15) is 15.9 Å². The number of nitrogens with zero attached hydrogens (tertiary/aromatic N) is 5. The Labute approximate surface area is 207 Å².